The maximum atomic E-state index is 11.2. The van der Waals surface area contributed by atoms with Crippen LogP contribution in [0.1, 0.15) is 12.5 Å². The lowest BCUT2D eigenvalue weighted by Crippen LogP contribution is -2.10. The smallest absolute Gasteiger partial charge is 0.503 e. The summed E-state index contributed by atoms with van der Waals surface area (Å²) in [6, 6.07) is 5.51. The molecule has 0 spiro atoms. The average Bonchev–Trinajstić information content (AvgIpc) is 2.57. The second-order valence-electron chi connectivity index (χ2n) is 3.59. The SMILES string of the molecule is CCOC(=O)Oc1[nH]c2cccc(C)c2c1O. The highest BCUT2D eigenvalue weighted by molar-refractivity contribution is 5.92. The molecule has 2 rings (SSSR count). The summed E-state index contributed by atoms with van der Waals surface area (Å²) in [5.41, 5.74) is 1.61. The molecule has 1 aromatic carbocycles. The van der Waals surface area contributed by atoms with E-state index in [1.807, 2.05) is 19.1 Å². The molecular weight excluding hydrogens is 222 g/mol. The van der Waals surface area contributed by atoms with Crippen molar-refractivity contribution in [2.24, 2.45) is 0 Å². The summed E-state index contributed by atoms with van der Waals surface area (Å²) in [5, 5.41) is 10.6. The van der Waals surface area contributed by atoms with Gasteiger partial charge in [-0.05, 0) is 25.5 Å². The van der Waals surface area contributed by atoms with Crippen LogP contribution in [0.25, 0.3) is 10.9 Å². The molecule has 5 nitrogen and oxygen atoms in total. The van der Waals surface area contributed by atoms with Gasteiger partial charge in [0.05, 0.1) is 12.1 Å². The lowest BCUT2D eigenvalue weighted by Gasteiger charge is -2.01. The number of hydrogen-bond acceptors (Lipinski definition) is 4. The molecule has 5 heteroatoms. The Balaban J connectivity index is 2.39. The molecule has 0 aliphatic heterocycles. The number of ether oxygens (including phenoxy) is 2. The molecular formula is C12H13NO4. The van der Waals surface area contributed by atoms with E-state index in [0.29, 0.717) is 10.9 Å². The number of fused-ring (bicyclic) bond motifs is 1. The summed E-state index contributed by atoms with van der Waals surface area (Å²) >= 11 is 0. The van der Waals surface area contributed by atoms with Crippen LogP contribution in [0.5, 0.6) is 11.6 Å². The third kappa shape index (κ3) is 2.04. The summed E-state index contributed by atoms with van der Waals surface area (Å²) in [6.45, 7) is 3.76. The third-order valence-corrected chi connectivity index (χ3v) is 2.42. The lowest BCUT2D eigenvalue weighted by atomic mass is 10.1. The molecule has 2 aromatic rings. The van der Waals surface area contributed by atoms with Gasteiger partial charge in [0.25, 0.3) is 0 Å². The molecule has 0 fully saturated rings. The summed E-state index contributed by atoms with van der Waals surface area (Å²) in [6.07, 6.45) is -0.841. The molecule has 0 saturated carbocycles. The first-order valence-electron chi connectivity index (χ1n) is 5.28. The van der Waals surface area contributed by atoms with E-state index in [1.165, 1.54) is 0 Å². The van der Waals surface area contributed by atoms with Crippen molar-refractivity contribution >= 4 is 17.1 Å². The van der Waals surface area contributed by atoms with Crippen molar-refractivity contribution in [3.63, 3.8) is 0 Å². The van der Waals surface area contributed by atoms with E-state index in [4.69, 9.17) is 4.74 Å². The first kappa shape index (κ1) is 11.3. The Morgan fingerprint density at radius 3 is 2.88 bits per heavy atom. The van der Waals surface area contributed by atoms with Crippen molar-refractivity contribution in [1.82, 2.24) is 4.98 Å². The first-order valence-corrected chi connectivity index (χ1v) is 5.28. The molecule has 1 heterocycles. The number of rotatable bonds is 2. The second-order valence-corrected chi connectivity index (χ2v) is 3.59. The maximum absolute atomic E-state index is 11.2. The fourth-order valence-electron chi connectivity index (χ4n) is 1.69. The van der Waals surface area contributed by atoms with Crippen molar-refractivity contribution in [3.05, 3.63) is 23.8 Å². The van der Waals surface area contributed by atoms with E-state index in [-0.39, 0.29) is 18.2 Å². The second kappa shape index (κ2) is 4.37. The highest BCUT2D eigenvalue weighted by atomic mass is 16.7. The molecule has 1 aromatic heterocycles. The number of benzene rings is 1. The minimum absolute atomic E-state index is 0.00718. The van der Waals surface area contributed by atoms with Crippen molar-refractivity contribution < 1.29 is 19.4 Å². The Bertz CT molecular complexity index is 559. The maximum Gasteiger partial charge on any atom is 0.515 e. The highest BCUT2D eigenvalue weighted by Gasteiger charge is 2.16. The van der Waals surface area contributed by atoms with Crippen LogP contribution in [0, 0.1) is 6.92 Å². The number of carbonyl (C=O) groups excluding carboxylic acids is 1. The standard InChI is InChI=1S/C12H13NO4/c1-3-16-12(15)17-11-10(14)9-7(2)5-4-6-8(9)13-11/h4-6,13-14H,3H2,1-2H3. The first-order chi connectivity index (χ1) is 8.13. The van der Waals surface area contributed by atoms with Gasteiger partial charge in [-0.2, -0.15) is 0 Å². The van der Waals surface area contributed by atoms with Crippen LogP contribution in [-0.2, 0) is 4.74 Å². The zero-order valence-electron chi connectivity index (χ0n) is 9.61. The van der Waals surface area contributed by atoms with Crippen molar-refractivity contribution in [2.45, 2.75) is 13.8 Å². The van der Waals surface area contributed by atoms with Gasteiger partial charge in [-0.15, -0.1) is 0 Å². The number of aromatic nitrogens is 1. The van der Waals surface area contributed by atoms with Crippen LogP contribution in [0.2, 0.25) is 0 Å². The van der Waals surface area contributed by atoms with E-state index in [9.17, 15) is 9.90 Å². The van der Waals surface area contributed by atoms with Gasteiger partial charge in [-0.1, -0.05) is 12.1 Å². The van der Waals surface area contributed by atoms with Gasteiger partial charge in [0.2, 0.25) is 5.88 Å². The molecule has 0 saturated heterocycles. The Morgan fingerprint density at radius 2 is 2.24 bits per heavy atom. The van der Waals surface area contributed by atoms with Gasteiger partial charge in [-0.25, -0.2) is 4.79 Å². The quantitative estimate of drug-likeness (QED) is 0.785. The fraction of sp³-hybridized carbons (Fsp3) is 0.250. The highest BCUT2D eigenvalue weighted by Crippen LogP contribution is 2.36. The fourth-order valence-corrected chi connectivity index (χ4v) is 1.69. The molecule has 0 amide bonds. The van der Waals surface area contributed by atoms with E-state index < -0.39 is 6.16 Å². The van der Waals surface area contributed by atoms with Crippen molar-refractivity contribution in [3.8, 4) is 11.6 Å². The Labute approximate surface area is 98.0 Å². The van der Waals surface area contributed by atoms with Crippen LogP contribution < -0.4 is 4.74 Å². The number of carbonyl (C=O) groups is 1. The summed E-state index contributed by atoms with van der Waals surface area (Å²) in [5.74, 6) is -0.0705. The molecule has 0 bridgehead atoms. The molecule has 0 atom stereocenters. The molecule has 2 N–H and O–H groups in total. The predicted molar refractivity (Wildman–Crippen MR) is 62.4 cm³/mol. The molecule has 17 heavy (non-hydrogen) atoms. The Morgan fingerprint density at radius 1 is 1.47 bits per heavy atom. The van der Waals surface area contributed by atoms with Gasteiger partial charge in [-0.3, -0.25) is 0 Å². The van der Waals surface area contributed by atoms with E-state index in [2.05, 4.69) is 9.72 Å². The largest absolute Gasteiger partial charge is 0.515 e. The number of nitrogens with one attached hydrogen (secondary N) is 1. The van der Waals surface area contributed by atoms with Gasteiger partial charge in [0, 0.05) is 5.39 Å². The summed E-state index contributed by atoms with van der Waals surface area (Å²) in [7, 11) is 0. The van der Waals surface area contributed by atoms with Crippen LogP contribution in [0.4, 0.5) is 4.79 Å². The predicted octanol–water partition coefficient (Wildman–Crippen LogP) is 2.72. The number of aromatic hydroxyl groups is 1. The zero-order chi connectivity index (χ0) is 12.4. The molecule has 0 radical (unpaired) electrons. The Hall–Kier alpha value is -2.17. The minimum Gasteiger partial charge on any atom is -0.503 e. The average molecular weight is 235 g/mol. The molecule has 0 aliphatic rings. The minimum atomic E-state index is -0.841. The van der Waals surface area contributed by atoms with E-state index >= 15 is 0 Å². The van der Waals surface area contributed by atoms with Crippen LogP contribution in [-0.4, -0.2) is 22.9 Å². The van der Waals surface area contributed by atoms with Crippen LogP contribution in [0.15, 0.2) is 18.2 Å². The number of H-pyrrole nitrogens is 1. The number of aryl methyl sites for hydroxylation is 1. The van der Waals surface area contributed by atoms with Gasteiger partial charge in [0.15, 0.2) is 5.75 Å². The van der Waals surface area contributed by atoms with Crippen molar-refractivity contribution in [1.29, 1.82) is 0 Å². The molecule has 90 valence electrons. The molecule has 0 unspecified atom stereocenters. The van der Waals surface area contributed by atoms with Crippen molar-refractivity contribution in [2.75, 3.05) is 6.61 Å². The summed E-state index contributed by atoms with van der Waals surface area (Å²) in [4.78, 5) is 14.0. The van der Waals surface area contributed by atoms with E-state index in [0.717, 1.165) is 5.56 Å². The van der Waals surface area contributed by atoms with Gasteiger partial charge >= 0.3 is 6.16 Å². The zero-order valence-corrected chi connectivity index (χ0v) is 9.61. The Kier molecular flexibility index (Phi) is 2.91. The molecule has 0 aliphatic carbocycles. The monoisotopic (exact) mass is 235 g/mol. The lowest BCUT2D eigenvalue weighted by molar-refractivity contribution is 0.102. The van der Waals surface area contributed by atoms with Crippen LogP contribution in [0.3, 0.4) is 0 Å². The third-order valence-electron chi connectivity index (χ3n) is 2.42. The van der Waals surface area contributed by atoms with Gasteiger partial charge < -0.3 is 19.6 Å². The normalized spacial score (nSPS) is 10.5. The van der Waals surface area contributed by atoms with Crippen LogP contribution >= 0.6 is 0 Å². The summed E-state index contributed by atoms with van der Waals surface area (Å²) < 4.78 is 9.49. The number of aromatic amines is 1. The number of hydrogen-bond donors (Lipinski definition) is 2. The van der Waals surface area contributed by atoms with E-state index in [1.54, 1.807) is 13.0 Å². The van der Waals surface area contributed by atoms with Gasteiger partial charge in [0.1, 0.15) is 0 Å². The topological polar surface area (TPSA) is 71.5 Å².